The summed E-state index contributed by atoms with van der Waals surface area (Å²) < 4.78 is 49.1. The van der Waals surface area contributed by atoms with Gasteiger partial charge in [0.2, 0.25) is 0 Å². The molecule has 1 atom stereocenters. The fraction of sp³-hybridized carbons (Fsp3) is 0.300. The summed E-state index contributed by atoms with van der Waals surface area (Å²) in [7, 11) is -2.94. The Bertz CT molecular complexity index is 561. The van der Waals surface area contributed by atoms with Gasteiger partial charge in [-0.15, -0.1) is 0 Å². The molecular weight excluding hydrogens is 255 g/mol. The molecular formula is C10H10F3NO2S. The number of ketones is 1. The van der Waals surface area contributed by atoms with Crippen LogP contribution in [0.15, 0.2) is 17.2 Å². The molecule has 3 nitrogen and oxygen atoms in total. The molecule has 0 radical (unpaired) electrons. The summed E-state index contributed by atoms with van der Waals surface area (Å²) in [4.78, 5) is 14.3. The minimum atomic E-state index is -4.60. The first-order valence-electron chi connectivity index (χ1n) is 4.44. The highest BCUT2D eigenvalue weighted by atomic mass is 32.2. The summed E-state index contributed by atoms with van der Waals surface area (Å²) in [6.07, 6.45) is -2.89. The number of hydrogen-bond donors (Lipinski definition) is 0. The molecule has 94 valence electrons. The smallest absolute Gasteiger partial charge is 0.293 e. The van der Waals surface area contributed by atoms with Crippen LogP contribution in [0.5, 0.6) is 0 Å². The summed E-state index contributed by atoms with van der Waals surface area (Å²) in [6.45, 7) is 1.14. The molecule has 0 saturated carbocycles. The minimum Gasteiger partial charge on any atom is -0.293 e. The van der Waals surface area contributed by atoms with Gasteiger partial charge in [-0.25, -0.2) is 0 Å². The Morgan fingerprint density at radius 2 is 2.00 bits per heavy atom. The maximum atomic E-state index is 12.5. The average Bonchev–Trinajstić information content (AvgIpc) is 2.14. The van der Waals surface area contributed by atoms with E-state index >= 15 is 0 Å². The molecule has 0 aliphatic carbocycles. The van der Waals surface area contributed by atoms with Gasteiger partial charge in [0.25, 0.3) is 0 Å². The van der Waals surface area contributed by atoms with E-state index in [0.717, 1.165) is 13.2 Å². The fourth-order valence-electron chi connectivity index (χ4n) is 1.19. The number of nitrogens with zero attached hydrogens (tertiary/aromatic N) is 1. The molecule has 1 rings (SSSR count). The lowest BCUT2D eigenvalue weighted by Gasteiger charge is -2.11. The maximum absolute atomic E-state index is 12.5. The van der Waals surface area contributed by atoms with Crippen LogP contribution >= 0.6 is 0 Å². The van der Waals surface area contributed by atoms with Crippen LogP contribution in [0.4, 0.5) is 13.2 Å². The lowest BCUT2D eigenvalue weighted by atomic mass is 10.2. The molecule has 17 heavy (non-hydrogen) atoms. The van der Waals surface area contributed by atoms with E-state index in [4.69, 9.17) is 0 Å². The summed E-state index contributed by atoms with van der Waals surface area (Å²) >= 11 is 0. The maximum Gasteiger partial charge on any atom is 0.417 e. The highest BCUT2D eigenvalue weighted by Gasteiger charge is 2.32. The number of halogens is 3. The Hall–Kier alpha value is -1.37. The van der Waals surface area contributed by atoms with Gasteiger partial charge < -0.3 is 0 Å². The van der Waals surface area contributed by atoms with Crippen molar-refractivity contribution in [3.63, 3.8) is 0 Å². The van der Waals surface area contributed by atoms with E-state index in [2.05, 4.69) is 10.9 Å². The van der Waals surface area contributed by atoms with Crippen molar-refractivity contribution in [3.8, 4) is 0 Å². The Balaban J connectivity index is 3.57. The summed E-state index contributed by atoms with van der Waals surface area (Å²) in [5.74, 6) is 2.73. The van der Waals surface area contributed by atoms with Crippen LogP contribution in [0.1, 0.15) is 23.0 Å². The highest BCUT2D eigenvalue weighted by Crippen LogP contribution is 2.30. The number of carbonyl (C=O) groups excluding carboxylic acids is 1. The summed E-state index contributed by atoms with van der Waals surface area (Å²) in [5, 5.41) is 0. The van der Waals surface area contributed by atoms with E-state index in [1.54, 1.807) is 0 Å². The molecule has 1 aromatic rings. The van der Waals surface area contributed by atoms with Gasteiger partial charge in [0, 0.05) is 19.4 Å². The third-order valence-corrected chi connectivity index (χ3v) is 3.22. The zero-order valence-corrected chi connectivity index (χ0v) is 9.98. The first kappa shape index (κ1) is 13.7. The molecule has 1 heterocycles. The van der Waals surface area contributed by atoms with E-state index in [1.807, 2.05) is 0 Å². The van der Waals surface area contributed by atoms with E-state index in [-0.39, 0.29) is 10.6 Å². The quantitative estimate of drug-likeness (QED) is 0.607. The highest BCUT2D eigenvalue weighted by molar-refractivity contribution is 7.99. The third-order valence-electron chi connectivity index (χ3n) is 1.98. The van der Waals surface area contributed by atoms with Crippen molar-refractivity contribution in [2.75, 3.05) is 6.26 Å². The molecule has 0 aliphatic heterocycles. The molecule has 0 spiro atoms. The second-order valence-electron chi connectivity index (χ2n) is 3.63. The van der Waals surface area contributed by atoms with Gasteiger partial charge >= 0.3 is 6.18 Å². The molecule has 0 aromatic carbocycles. The molecule has 1 unspecified atom stereocenters. The predicted molar refractivity (Wildman–Crippen MR) is 58.7 cm³/mol. The molecule has 7 heteroatoms. The predicted octanol–water partition coefficient (Wildman–Crippen LogP) is 2.01. The Labute approximate surface area is 96.7 Å². The molecule has 1 aromatic heterocycles. The van der Waals surface area contributed by atoms with Gasteiger partial charge in [-0.05, 0) is 21.5 Å². The van der Waals surface area contributed by atoms with Crippen LogP contribution in [0.25, 0.3) is 0 Å². The summed E-state index contributed by atoms with van der Waals surface area (Å²) in [6, 6.07) is 0.666. The van der Waals surface area contributed by atoms with Crippen LogP contribution in [-0.4, -0.2) is 27.1 Å². The zero-order valence-electron chi connectivity index (χ0n) is 9.17. The Morgan fingerprint density at radius 1 is 1.47 bits per heavy atom. The molecule has 0 amide bonds. The molecule has 0 saturated heterocycles. The Kier molecular flexibility index (Phi) is 3.33. The lowest BCUT2D eigenvalue weighted by molar-refractivity contribution is -0.138. The van der Waals surface area contributed by atoms with E-state index in [9.17, 15) is 22.2 Å². The van der Waals surface area contributed by atoms with Crippen LogP contribution in [-0.2, 0) is 15.7 Å². The van der Waals surface area contributed by atoms with Crippen molar-refractivity contribution in [1.82, 2.24) is 4.98 Å². The fourth-order valence-corrected chi connectivity index (χ4v) is 2.17. The first-order valence-corrected chi connectivity index (χ1v) is 6.57. The third kappa shape index (κ3) is 3.06. The second kappa shape index (κ2) is 4.14. The van der Waals surface area contributed by atoms with Gasteiger partial charge in [0.15, 0.2) is 5.78 Å². The number of rotatable bonds is 2. The van der Waals surface area contributed by atoms with E-state index in [0.29, 0.717) is 12.3 Å². The minimum absolute atomic E-state index is 0.236. The van der Waals surface area contributed by atoms with E-state index < -0.39 is 27.0 Å². The van der Waals surface area contributed by atoms with Gasteiger partial charge in [-0.1, -0.05) is 0 Å². The van der Waals surface area contributed by atoms with Crippen LogP contribution in [0.2, 0.25) is 0 Å². The standard InChI is InChI=1S/C10H10F3NO2S/c1-6(15)9-8(17(2,3)16)4-7(5-14-9)10(11,12)13/h4-5H,2H2,1,3H3. The zero-order chi connectivity index (χ0) is 13.4. The molecule has 0 fully saturated rings. The number of alkyl halides is 3. The number of Topliss-reactive ketones (excluding diaryl/α,β-unsaturated/α-hetero) is 1. The van der Waals surface area contributed by atoms with Crippen molar-refractivity contribution in [1.29, 1.82) is 0 Å². The van der Waals surface area contributed by atoms with Gasteiger partial charge in [0.05, 0.1) is 10.5 Å². The van der Waals surface area contributed by atoms with Crippen molar-refractivity contribution in [2.45, 2.75) is 18.0 Å². The van der Waals surface area contributed by atoms with Crippen molar-refractivity contribution < 1.29 is 22.2 Å². The average molecular weight is 265 g/mol. The lowest BCUT2D eigenvalue weighted by Crippen LogP contribution is -2.13. The summed E-state index contributed by atoms with van der Waals surface area (Å²) in [5.41, 5.74) is -1.28. The number of hydrogen-bond acceptors (Lipinski definition) is 3. The van der Waals surface area contributed by atoms with Gasteiger partial charge in [-0.2, -0.15) is 13.2 Å². The van der Waals surface area contributed by atoms with E-state index in [1.165, 1.54) is 0 Å². The van der Waals surface area contributed by atoms with Gasteiger partial charge in [0.1, 0.15) is 5.69 Å². The molecule has 0 N–H and O–H groups in total. The van der Waals surface area contributed by atoms with Crippen LogP contribution in [0.3, 0.4) is 0 Å². The van der Waals surface area contributed by atoms with Crippen LogP contribution in [0, 0.1) is 0 Å². The monoisotopic (exact) mass is 265 g/mol. The SMILES string of the molecule is C=S(C)(=O)c1cc(C(F)(F)F)cnc1C(C)=O. The normalized spacial score (nSPS) is 15.4. The number of aromatic nitrogens is 1. The topological polar surface area (TPSA) is 47.0 Å². The number of pyridine rings is 1. The van der Waals surface area contributed by atoms with Crippen molar-refractivity contribution >= 4 is 21.2 Å². The largest absolute Gasteiger partial charge is 0.417 e. The number of carbonyl (C=O) groups is 1. The van der Waals surface area contributed by atoms with Crippen molar-refractivity contribution in [2.24, 2.45) is 0 Å². The second-order valence-corrected chi connectivity index (χ2v) is 6.08. The molecule has 0 aliphatic rings. The Morgan fingerprint density at radius 3 is 2.35 bits per heavy atom. The molecule has 0 bridgehead atoms. The van der Waals surface area contributed by atoms with Gasteiger partial charge in [-0.3, -0.25) is 14.0 Å². The van der Waals surface area contributed by atoms with Crippen LogP contribution < -0.4 is 0 Å². The van der Waals surface area contributed by atoms with Crippen molar-refractivity contribution in [3.05, 3.63) is 23.5 Å². The first-order chi connectivity index (χ1) is 7.53.